The third-order valence-electron chi connectivity index (χ3n) is 6.56. The van der Waals surface area contributed by atoms with Gasteiger partial charge in [-0.2, -0.15) is 0 Å². The van der Waals surface area contributed by atoms with Crippen molar-refractivity contribution in [3.63, 3.8) is 0 Å². The summed E-state index contributed by atoms with van der Waals surface area (Å²) in [7, 11) is 0. The van der Waals surface area contributed by atoms with Crippen molar-refractivity contribution in [2.75, 3.05) is 0 Å². The number of hydrogen-bond acceptors (Lipinski definition) is 1. The molecule has 0 saturated heterocycles. The van der Waals surface area contributed by atoms with E-state index in [1.165, 1.54) is 32.3 Å². The minimum atomic E-state index is 0.966. The Morgan fingerprint density at radius 1 is 0.515 bits per heavy atom. The molecule has 154 valence electrons. The SMILES string of the molecule is c1ccc(-n2c(-c3cc4ccc5ccccc5c4c4ccccc34)nc3ccccc32)cc1. The average molecular weight is 421 g/mol. The van der Waals surface area contributed by atoms with Crippen LogP contribution in [0.5, 0.6) is 0 Å². The van der Waals surface area contributed by atoms with Crippen LogP contribution in [0.25, 0.3) is 60.4 Å². The summed E-state index contributed by atoms with van der Waals surface area (Å²) in [4.78, 5) is 5.14. The van der Waals surface area contributed by atoms with E-state index in [1.54, 1.807) is 0 Å². The molecule has 1 aromatic heterocycles. The van der Waals surface area contributed by atoms with Gasteiger partial charge in [-0.05, 0) is 62.6 Å². The Hall–Kier alpha value is -4.43. The third kappa shape index (κ3) is 2.71. The monoisotopic (exact) mass is 420 g/mol. The van der Waals surface area contributed by atoms with Gasteiger partial charge in [0.05, 0.1) is 11.0 Å². The van der Waals surface area contributed by atoms with Crippen LogP contribution < -0.4 is 0 Å². The van der Waals surface area contributed by atoms with E-state index in [2.05, 4.69) is 126 Å². The van der Waals surface area contributed by atoms with Gasteiger partial charge in [-0.25, -0.2) is 4.98 Å². The first kappa shape index (κ1) is 18.2. The van der Waals surface area contributed by atoms with Crippen molar-refractivity contribution in [1.29, 1.82) is 0 Å². The highest BCUT2D eigenvalue weighted by atomic mass is 15.1. The van der Waals surface area contributed by atoms with E-state index in [4.69, 9.17) is 4.98 Å². The van der Waals surface area contributed by atoms with Gasteiger partial charge in [-0.1, -0.05) is 91.0 Å². The average Bonchev–Trinajstić information content (AvgIpc) is 3.28. The second-order valence-corrected chi connectivity index (χ2v) is 8.45. The van der Waals surface area contributed by atoms with E-state index in [9.17, 15) is 0 Å². The molecule has 2 nitrogen and oxygen atoms in total. The van der Waals surface area contributed by atoms with Crippen LogP contribution in [0.2, 0.25) is 0 Å². The number of rotatable bonds is 2. The topological polar surface area (TPSA) is 17.8 Å². The summed E-state index contributed by atoms with van der Waals surface area (Å²) in [5, 5.41) is 7.56. The molecule has 0 atom stereocenters. The largest absolute Gasteiger partial charge is 0.292 e. The molecule has 6 aromatic carbocycles. The van der Waals surface area contributed by atoms with E-state index in [0.717, 1.165) is 28.1 Å². The van der Waals surface area contributed by atoms with Crippen molar-refractivity contribution in [2.45, 2.75) is 0 Å². The first-order valence-corrected chi connectivity index (χ1v) is 11.2. The predicted molar refractivity (Wildman–Crippen MR) is 139 cm³/mol. The third-order valence-corrected chi connectivity index (χ3v) is 6.56. The molecular formula is C31H20N2. The molecule has 0 aliphatic heterocycles. The quantitative estimate of drug-likeness (QED) is 0.258. The molecule has 0 aliphatic carbocycles. The number of nitrogens with zero attached hydrogens (tertiary/aromatic N) is 2. The number of imidazole rings is 1. The summed E-state index contributed by atoms with van der Waals surface area (Å²) in [6.45, 7) is 0. The smallest absolute Gasteiger partial charge is 0.146 e. The Morgan fingerprint density at radius 2 is 1.18 bits per heavy atom. The summed E-state index contributed by atoms with van der Waals surface area (Å²) in [6, 6.07) is 43.0. The molecule has 0 saturated carbocycles. The molecule has 1 heterocycles. The van der Waals surface area contributed by atoms with Gasteiger partial charge in [0, 0.05) is 11.3 Å². The summed E-state index contributed by atoms with van der Waals surface area (Å²) in [5.41, 5.74) is 4.37. The maximum absolute atomic E-state index is 5.14. The van der Waals surface area contributed by atoms with Gasteiger partial charge in [-0.3, -0.25) is 4.57 Å². The Kier molecular flexibility index (Phi) is 3.88. The van der Waals surface area contributed by atoms with Crippen molar-refractivity contribution in [1.82, 2.24) is 9.55 Å². The lowest BCUT2D eigenvalue weighted by molar-refractivity contribution is 1.11. The minimum Gasteiger partial charge on any atom is -0.292 e. The van der Waals surface area contributed by atoms with Crippen molar-refractivity contribution in [3.8, 4) is 17.1 Å². The first-order valence-electron chi connectivity index (χ1n) is 11.2. The molecule has 0 N–H and O–H groups in total. The Morgan fingerprint density at radius 3 is 2.06 bits per heavy atom. The fourth-order valence-electron chi connectivity index (χ4n) is 5.11. The van der Waals surface area contributed by atoms with E-state index in [1.807, 2.05) is 0 Å². The lowest BCUT2D eigenvalue weighted by atomic mass is 9.93. The molecule has 7 rings (SSSR count). The van der Waals surface area contributed by atoms with Gasteiger partial charge in [0.2, 0.25) is 0 Å². The van der Waals surface area contributed by atoms with Gasteiger partial charge < -0.3 is 0 Å². The zero-order chi connectivity index (χ0) is 21.8. The zero-order valence-corrected chi connectivity index (χ0v) is 17.9. The maximum atomic E-state index is 5.14. The highest BCUT2D eigenvalue weighted by molar-refractivity contribution is 6.23. The molecule has 0 amide bonds. The van der Waals surface area contributed by atoms with E-state index >= 15 is 0 Å². The fraction of sp³-hybridized carbons (Fsp3) is 0. The Balaban J connectivity index is 1.65. The van der Waals surface area contributed by atoms with Gasteiger partial charge in [0.15, 0.2) is 0 Å². The second-order valence-electron chi connectivity index (χ2n) is 8.45. The Labute approximate surface area is 191 Å². The predicted octanol–water partition coefficient (Wildman–Crippen LogP) is 8.15. The summed E-state index contributed by atoms with van der Waals surface area (Å²) < 4.78 is 2.28. The normalized spacial score (nSPS) is 11.6. The molecule has 7 aromatic rings. The second kappa shape index (κ2) is 7.04. The molecule has 0 spiro atoms. The van der Waals surface area contributed by atoms with Gasteiger partial charge in [0.25, 0.3) is 0 Å². The van der Waals surface area contributed by atoms with Crippen LogP contribution >= 0.6 is 0 Å². The molecule has 2 heteroatoms. The summed E-state index contributed by atoms with van der Waals surface area (Å²) >= 11 is 0. The Bertz CT molecular complexity index is 1810. The lowest BCUT2D eigenvalue weighted by Gasteiger charge is -2.14. The minimum absolute atomic E-state index is 0.966. The van der Waals surface area contributed by atoms with Gasteiger partial charge in [-0.15, -0.1) is 0 Å². The molecule has 0 fully saturated rings. The number of hydrogen-bond donors (Lipinski definition) is 0. The van der Waals surface area contributed by atoms with E-state index < -0.39 is 0 Å². The molecule has 0 bridgehead atoms. The van der Waals surface area contributed by atoms with Crippen LogP contribution in [-0.2, 0) is 0 Å². The standard InChI is InChI=1S/C31H20N2/c1-2-11-23(12-3-1)33-29-17-9-8-16-28(29)32-31(33)27-20-22-19-18-21-10-4-5-13-24(21)30(22)26-15-7-6-14-25(26)27/h1-20H. The van der Waals surface area contributed by atoms with Crippen molar-refractivity contribution in [2.24, 2.45) is 0 Å². The number of aromatic nitrogens is 2. The van der Waals surface area contributed by atoms with Crippen LogP contribution in [0.15, 0.2) is 121 Å². The number of para-hydroxylation sites is 3. The van der Waals surface area contributed by atoms with Crippen LogP contribution in [0.4, 0.5) is 0 Å². The summed E-state index contributed by atoms with van der Waals surface area (Å²) in [5.74, 6) is 0.966. The summed E-state index contributed by atoms with van der Waals surface area (Å²) in [6.07, 6.45) is 0. The fourth-order valence-corrected chi connectivity index (χ4v) is 5.11. The van der Waals surface area contributed by atoms with Crippen molar-refractivity contribution >= 4 is 43.4 Å². The molecule has 0 radical (unpaired) electrons. The first-order chi connectivity index (χ1) is 16.4. The van der Waals surface area contributed by atoms with E-state index in [-0.39, 0.29) is 0 Å². The van der Waals surface area contributed by atoms with Crippen LogP contribution in [0.1, 0.15) is 0 Å². The van der Waals surface area contributed by atoms with Gasteiger partial charge >= 0.3 is 0 Å². The van der Waals surface area contributed by atoms with Gasteiger partial charge in [0.1, 0.15) is 5.82 Å². The maximum Gasteiger partial charge on any atom is 0.146 e. The number of benzene rings is 6. The molecule has 0 aliphatic rings. The highest BCUT2D eigenvalue weighted by Crippen LogP contribution is 2.39. The molecule has 33 heavy (non-hydrogen) atoms. The van der Waals surface area contributed by atoms with Crippen molar-refractivity contribution < 1.29 is 0 Å². The van der Waals surface area contributed by atoms with E-state index in [0.29, 0.717) is 0 Å². The highest BCUT2D eigenvalue weighted by Gasteiger charge is 2.18. The van der Waals surface area contributed by atoms with Crippen LogP contribution in [0.3, 0.4) is 0 Å². The van der Waals surface area contributed by atoms with Crippen LogP contribution in [0, 0.1) is 0 Å². The number of fused-ring (bicyclic) bond motifs is 6. The zero-order valence-electron chi connectivity index (χ0n) is 17.9. The molecule has 0 unspecified atom stereocenters. The van der Waals surface area contributed by atoms with Crippen LogP contribution in [-0.4, -0.2) is 9.55 Å². The van der Waals surface area contributed by atoms with Crippen molar-refractivity contribution in [3.05, 3.63) is 121 Å². The lowest BCUT2D eigenvalue weighted by Crippen LogP contribution is -1.98. The molecular weight excluding hydrogens is 400 g/mol.